The second-order valence-corrected chi connectivity index (χ2v) is 6.65. The van der Waals surface area contributed by atoms with Crippen LogP contribution in [0.3, 0.4) is 0 Å². The van der Waals surface area contributed by atoms with Crippen LogP contribution in [0.2, 0.25) is 0 Å². The second kappa shape index (κ2) is 8.74. The molecule has 0 unspecified atom stereocenters. The number of primary amides is 1. The van der Waals surface area contributed by atoms with Crippen LogP contribution in [0.4, 0.5) is 15.9 Å². The fourth-order valence-corrected chi connectivity index (χ4v) is 2.94. The van der Waals surface area contributed by atoms with E-state index in [1.807, 2.05) is 0 Å². The third-order valence-electron chi connectivity index (χ3n) is 3.90. The van der Waals surface area contributed by atoms with Crippen LogP contribution >= 0.6 is 15.9 Å². The quantitative estimate of drug-likeness (QED) is 0.301. The number of halogens is 2. The van der Waals surface area contributed by atoms with Gasteiger partial charge in [0.05, 0.1) is 17.5 Å². The standard InChI is InChI=1S/C19H16BrFN4O4/c1-2-28-7-8-29-19(27)12-4-6-15-16(17(22)26)23-10-25(15)18(12)24-14-5-3-11(20)9-13(14)21/h2-6,9-10,24H,1,7-8H2,(H2,22,26). The van der Waals surface area contributed by atoms with E-state index >= 15 is 0 Å². The van der Waals surface area contributed by atoms with E-state index in [9.17, 15) is 14.0 Å². The van der Waals surface area contributed by atoms with Crippen LogP contribution in [-0.4, -0.2) is 34.5 Å². The van der Waals surface area contributed by atoms with Crippen molar-refractivity contribution in [2.75, 3.05) is 18.5 Å². The molecule has 0 saturated carbocycles. The van der Waals surface area contributed by atoms with E-state index in [0.29, 0.717) is 9.99 Å². The monoisotopic (exact) mass is 462 g/mol. The average molecular weight is 463 g/mol. The van der Waals surface area contributed by atoms with Gasteiger partial charge in [-0.2, -0.15) is 0 Å². The number of benzene rings is 1. The van der Waals surface area contributed by atoms with E-state index < -0.39 is 17.7 Å². The zero-order valence-corrected chi connectivity index (χ0v) is 16.6. The molecular formula is C19H16BrFN4O4. The van der Waals surface area contributed by atoms with Crippen LogP contribution in [0.15, 0.2) is 54.0 Å². The number of carbonyl (C=O) groups excluding carboxylic acids is 2. The first-order valence-electron chi connectivity index (χ1n) is 8.34. The van der Waals surface area contributed by atoms with Gasteiger partial charge in [-0.3, -0.25) is 9.20 Å². The van der Waals surface area contributed by atoms with Crippen molar-refractivity contribution in [1.82, 2.24) is 9.38 Å². The fraction of sp³-hybridized carbons (Fsp3) is 0.105. The van der Waals surface area contributed by atoms with Crippen molar-refractivity contribution < 1.29 is 23.5 Å². The number of anilines is 2. The van der Waals surface area contributed by atoms with Crippen LogP contribution in [0, 0.1) is 5.82 Å². The van der Waals surface area contributed by atoms with Gasteiger partial charge < -0.3 is 20.5 Å². The summed E-state index contributed by atoms with van der Waals surface area (Å²) in [6.07, 6.45) is 2.55. The maximum Gasteiger partial charge on any atom is 0.341 e. The lowest BCUT2D eigenvalue weighted by atomic mass is 10.2. The summed E-state index contributed by atoms with van der Waals surface area (Å²) in [5.41, 5.74) is 5.93. The molecule has 1 amide bonds. The van der Waals surface area contributed by atoms with E-state index in [1.165, 1.54) is 41.3 Å². The summed E-state index contributed by atoms with van der Waals surface area (Å²) in [6.45, 7) is 3.53. The fourth-order valence-electron chi connectivity index (χ4n) is 2.61. The summed E-state index contributed by atoms with van der Waals surface area (Å²) < 4.78 is 26.4. The number of nitrogens with two attached hydrogens (primary N) is 1. The van der Waals surface area contributed by atoms with Gasteiger partial charge in [0.15, 0.2) is 5.69 Å². The number of nitrogens with one attached hydrogen (secondary N) is 1. The molecular weight excluding hydrogens is 447 g/mol. The Balaban J connectivity index is 2.05. The zero-order valence-electron chi connectivity index (χ0n) is 15.0. The molecule has 3 aromatic rings. The number of carbonyl (C=O) groups is 2. The van der Waals surface area contributed by atoms with Gasteiger partial charge in [0, 0.05) is 4.47 Å². The molecule has 2 aromatic heterocycles. The first-order valence-corrected chi connectivity index (χ1v) is 9.13. The van der Waals surface area contributed by atoms with Crippen molar-refractivity contribution in [3.8, 4) is 0 Å². The van der Waals surface area contributed by atoms with E-state index in [1.54, 1.807) is 6.07 Å². The lowest BCUT2D eigenvalue weighted by molar-refractivity contribution is 0.0421. The second-order valence-electron chi connectivity index (χ2n) is 5.73. The molecule has 8 nitrogen and oxygen atoms in total. The number of esters is 1. The Morgan fingerprint density at radius 3 is 2.79 bits per heavy atom. The minimum atomic E-state index is -0.731. The smallest absolute Gasteiger partial charge is 0.341 e. The van der Waals surface area contributed by atoms with Gasteiger partial charge in [0.25, 0.3) is 5.91 Å². The molecule has 0 radical (unpaired) electrons. The van der Waals surface area contributed by atoms with Crippen LogP contribution in [-0.2, 0) is 9.47 Å². The Hall–Kier alpha value is -3.40. The molecule has 0 fully saturated rings. The number of pyridine rings is 1. The van der Waals surface area contributed by atoms with Gasteiger partial charge in [-0.1, -0.05) is 22.5 Å². The van der Waals surface area contributed by atoms with E-state index in [-0.39, 0.29) is 36.0 Å². The summed E-state index contributed by atoms with van der Waals surface area (Å²) in [7, 11) is 0. The van der Waals surface area contributed by atoms with Crippen LogP contribution in [0.1, 0.15) is 20.8 Å². The van der Waals surface area contributed by atoms with Gasteiger partial charge in [-0.05, 0) is 30.3 Å². The summed E-state index contributed by atoms with van der Waals surface area (Å²) in [5, 5.41) is 2.87. The number of nitrogens with zero attached hydrogens (tertiary/aromatic N) is 2. The molecule has 10 heteroatoms. The maximum atomic E-state index is 14.4. The Morgan fingerprint density at radius 2 is 2.10 bits per heavy atom. The Bertz CT molecular complexity index is 1100. The highest BCUT2D eigenvalue weighted by molar-refractivity contribution is 9.10. The highest BCUT2D eigenvalue weighted by Crippen LogP contribution is 2.28. The topological polar surface area (TPSA) is 108 Å². The first-order chi connectivity index (χ1) is 13.9. The number of amides is 1. The van der Waals surface area contributed by atoms with Gasteiger partial charge in [-0.25, -0.2) is 14.2 Å². The highest BCUT2D eigenvalue weighted by atomic mass is 79.9. The number of rotatable bonds is 8. The minimum Gasteiger partial charge on any atom is -0.498 e. The molecule has 150 valence electrons. The van der Waals surface area contributed by atoms with Crippen LogP contribution < -0.4 is 11.1 Å². The molecule has 0 spiro atoms. The predicted octanol–water partition coefficient (Wildman–Crippen LogP) is 3.40. The van der Waals surface area contributed by atoms with Gasteiger partial charge in [-0.15, -0.1) is 0 Å². The molecule has 3 N–H and O–H groups in total. The molecule has 0 aliphatic carbocycles. The van der Waals surface area contributed by atoms with Crippen molar-refractivity contribution in [2.45, 2.75) is 0 Å². The van der Waals surface area contributed by atoms with Gasteiger partial charge in [0.2, 0.25) is 0 Å². The summed E-state index contributed by atoms with van der Waals surface area (Å²) in [4.78, 5) is 28.2. The molecule has 29 heavy (non-hydrogen) atoms. The van der Waals surface area contributed by atoms with Crippen molar-refractivity contribution in [3.63, 3.8) is 0 Å². The third kappa shape index (κ3) is 4.37. The van der Waals surface area contributed by atoms with Crippen molar-refractivity contribution in [1.29, 1.82) is 0 Å². The molecule has 0 aliphatic rings. The van der Waals surface area contributed by atoms with Gasteiger partial charge in [0.1, 0.15) is 36.7 Å². The first kappa shape index (κ1) is 20.3. The molecule has 0 saturated heterocycles. The largest absolute Gasteiger partial charge is 0.498 e. The molecule has 0 atom stereocenters. The average Bonchev–Trinajstić information content (AvgIpc) is 3.12. The predicted molar refractivity (Wildman–Crippen MR) is 108 cm³/mol. The lowest BCUT2D eigenvalue weighted by Crippen LogP contribution is -2.15. The zero-order chi connectivity index (χ0) is 21.0. The minimum absolute atomic E-state index is 0.00849. The van der Waals surface area contributed by atoms with Crippen molar-refractivity contribution in [3.05, 3.63) is 71.0 Å². The van der Waals surface area contributed by atoms with Crippen LogP contribution in [0.25, 0.3) is 5.52 Å². The number of imidazole rings is 1. The summed E-state index contributed by atoms with van der Waals surface area (Å²) in [5.74, 6) is -1.79. The Morgan fingerprint density at radius 1 is 1.31 bits per heavy atom. The molecule has 0 bridgehead atoms. The SMILES string of the molecule is C=COCCOC(=O)c1ccc2c(C(N)=O)ncn2c1Nc1ccc(Br)cc1F. The maximum absolute atomic E-state index is 14.4. The number of ether oxygens (including phenoxy) is 2. The van der Waals surface area contributed by atoms with E-state index in [2.05, 4.69) is 32.8 Å². The number of fused-ring (bicyclic) bond motifs is 1. The van der Waals surface area contributed by atoms with E-state index in [4.69, 9.17) is 15.2 Å². The number of hydrogen-bond donors (Lipinski definition) is 2. The molecule has 0 aliphatic heterocycles. The summed E-state index contributed by atoms with van der Waals surface area (Å²) in [6, 6.07) is 7.36. The Kier molecular flexibility index (Phi) is 6.13. The summed E-state index contributed by atoms with van der Waals surface area (Å²) >= 11 is 3.19. The lowest BCUT2D eigenvalue weighted by Gasteiger charge is -2.15. The van der Waals surface area contributed by atoms with Crippen molar-refractivity contribution >= 4 is 44.8 Å². The van der Waals surface area contributed by atoms with E-state index in [0.717, 1.165) is 0 Å². The van der Waals surface area contributed by atoms with Crippen molar-refractivity contribution in [2.24, 2.45) is 5.73 Å². The molecule has 2 heterocycles. The van der Waals surface area contributed by atoms with Gasteiger partial charge >= 0.3 is 5.97 Å². The normalized spacial score (nSPS) is 10.6. The molecule has 1 aromatic carbocycles. The number of aromatic nitrogens is 2. The van der Waals surface area contributed by atoms with Crippen LogP contribution in [0.5, 0.6) is 0 Å². The molecule has 3 rings (SSSR count). The Labute approximate surface area is 173 Å². The number of hydrogen-bond acceptors (Lipinski definition) is 6. The highest BCUT2D eigenvalue weighted by Gasteiger charge is 2.20. The third-order valence-corrected chi connectivity index (χ3v) is 4.39.